The van der Waals surface area contributed by atoms with E-state index in [-0.39, 0.29) is 21.8 Å². The minimum Gasteiger partial charge on any atom is -0.363 e. The fraction of sp³-hybridized carbons (Fsp3) is 0.214. The molecular formula is C14H16N4O4S. The summed E-state index contributed by atoms with van der Waals surface area (Å²) in [5.74, 6) is 0.680. The Morgan fingerprint density at radius 3 is 2.43 bits per heavy atom. The van der Waals surface area contributed by atoms with E-state index in [1.54, 1.807) is 17.0 Å². The van der Waals surface area contributed by atoms with Crippen LogP contribution in [-0.4, -0.2) is 32.4 Å². The first-order chi connectivity index (χ1) is 10.7. The molecule has 0 bridgehead atoms. The van der Waals surface area contributed by atoms with Crippen LogP contribution in [0.15, 0.2) is 41.4 Å². The number of hydrogen-bond acceptors (Lipinski definition) is 6. The molecule has 0 aliphatic rings. The van der Waals surface area contributed by atoms with Gasteiger partial charge in [-0.05, 0) is 25.1 Å². The second-order valence-corrected chi connectivity index (χ2v) is 6.71. The summed E-state index contributed by atoms with van der Waals surface area (Å²) in [5, 5.41) is 10.9. The van der Waals surface area contributed by atoms with Gasteiger partial charge in [0.05, 0.1) is 21.7 Å². The molecule has 23 heavy (non-hydrogen) atoms. The minimum absolute atomic E-state index is 0.0860. The summed E-state index contributed by atoms with van der Waals surface area (Å²) in [5.41, 5.74) is 0.123. The third-order valence-electron chi connectivity index (χ3n) is 3.20. The van der Waals surface area contributed by atoms with Crippen LogP contribution in [0.2, 0.25) is 0 Å². The number of benzene rings is 1. The molecule has 0 aliphatic heterocycles. The Balaban J connectivity index is 2.36. The molecule has 0 saturated carbocycles. The van der Waals surface area contributed by atoms with E-state index in [1.165, 1.54) is 31.3 Å². The molecule has 122 valence electrons. The molecule has 0 spiro atoms. The highest BCUT2D eigenvalue weighted by Gasteiger charge is 2.23. The molecule has 1 heterocycles. The normalized spacial score (nSPS) is 11.1. The van der Waals surface area contributed by atoms with Gasteiger partial charge in [0.1, 0.15) is 5.82 Å². The van der Waals surface area contributed by atoms with Crippen molar-refractivity contribution in [3.8, 4) is 0 Å². The number of nitro benzene ring substituents is 1. The Bertz CT molecular complexity index is 832. The van der Waals surface area contributed by atoms with E-state index in [4.69, 9.17) is 0 Å². The van der Waals surface area contributed by atoms with Gasteiger partial charge in [-0.1, -0.05) is 6.07 Å². The smallest absolute Gasteiger partial charge is 0.273 e. The Morgan fingerprint density at radius 2 is 1.91 bits per heavy atom. The molecule has 0 radical (unpaired) electrons. The number of sulfonamides is 1. The van der Waals surface area contributed by atoms with Gasteiger partial charge in [0.15, 0.2) is 0 Å². The quantitative estimate of drug-likeness (QED) is 0.662. The van der Waals surface area contributed by atoms with Crippen LogP contribution in [-0.2, 0) is 10.0 Å². The second-order valence-electron chi connectivity index (χ2n) is 5.06. The number of hydrogen-bond donors (Lipinski definition) is 1. The fourth-order valence-corrected chi connectivity index (χ4v) is 3.32. The molecule has 2 rings (SSSR count). The number of nitrogens with one attached hydrogen (secondary N) is 1. The van der Waals surface area contributed by atoms with E-state index in [9.17, 15) is 18.5 Å². The van der Waals surface area contributed by atoms with Crippen LogP contribution in [0.25, 0.3) is 0 Å². The van der Waals surface area contributed by atoms with Crippen molar-refractivity contribution in [2.45, 2.75) is 11.8 Å². The van der Waals surface area contributed by atoms with Crippen LogP contribution in [0.1, 0.15) is 5.56 Å². The lowest BCUT2D eigenvalue weighted by Gasteiger charge is -2.13. The lowest BCUT2D eigenvalue weighted by atomic mass is 10.2. The van der Waals surface area contributed by atoms with Crippen molar-refractivity contribution in [3.63, 3.8) is 0 Å². The molecule has 1 N–H and O–H groups in total. The number of nitro groups is 1. The van der Waals surface area contributed by atoms with Gasteiger partial charge in [-0.2, -0.15) is 0 Å². The molecular weight excluding hydrogens is 320 g/mol. The molecule has 0 amide bonds. The van der Waals surface area contributed by atoms with Gasteiger partial charge < -0.3 is 4.90 Å². The van der Waals surface area contributed by atoms with E-state index in [0.717, 1.165) is 0 Å². The SMILES string of the molecule is Cc1c([N+](=O)[O-])cccc1S(=O)(=O)Nc1ccc(N(C)C)nc1. The van der Waals surface area contributed by atoms with Gasteiger partial charge in [-0.3, -0.25) is 14.8 Å². The van der Waals surface area contributed by atoms with Crippen LogP contribution in [0.5, 0.6) is 0 Å². The average Bonchev–Trinajstić information content (AvgIpc) is 2.47. The highest BCUT2D eigenvalue weighted by atomic mass is 32.2. The third-order valence-corrected chi connectivity index (χ3v) is 4.73. The van der Waals surface area contributed by atoms with Gasteiger partial charge in [-0.15, -0.1) is 0 Å². The molecule has 1 aromatic heterocycles. The summed E-state index contributed by atoms with van der Waals surface area (Å²) in [6.45, 7) is 1.40. The first kappa shape index (κ1) is 16.7. The Morgan fingerprint density at radius 1 is 1.22 bits per heavy atom. The van der Waals surface area contributed by atoms with E-state index in [1.807, 2.05) is 14.1 Å². The van der Waals surface area contributed by atoms with Crippen molar-refractivity contribution in [2.24, 2.45) is 0 Å². The lowest BCUT2D eigenvalue weighted by molar-refractivity contribution is -0.385. The highest BCUT2D eigenvalue weighted by Crippen LogP contribution is 2.26. The molecule has 0 aliphatic carbocycles. The van der Waals surface area contributed by atoms with Crippen LogP contribution < -0.4 is 9.62 Å². The van der Waals surface area contributed by atoms with Crippen molar-refractivity contribution in [3.05, 3.63) is 52.2 Å². The maximum atomic E-state index is 12.4. The van der Waals surface area contributed by atoms with Gasteiger partial charge >= 0.3 is 0 Å². The molecule has 0 saturated heterocycles. The predicted molar refractivity (Wildman–Crippen MR) is 87.2 cm³/mol. The summed E-state index contributed by atoms with van der Waals surface area (Å²) in [6.07, 6.45) is 1.39. The van der Waals surface area contributed by atoms with Crippen LogP contribution in [0, 0.1) is 17.0 Å². The third kappa shape index (κ3) is 3.57. The van der Waals surface area contributed by atoms with E-state index in [2.05, 4.69) is 9.71 Å². The maximum Gasteiger partial charge on any atom is 0.273 e. The highest BCUT2D eigenvalue weighted by molar-refractivity contribution is 7.92. The standard InChI is InChI=1S/C14H16N4O4S/c1-10-12(18(19)20)5-4-6-13(10)23(21,22)16-11-7-8-14(15-9-11)17(2)3/h4-9,16H,1-3H3. The molecule has 0 fully saturated rings. The number of anilines is 2. The average molecular weight is 336 g/mol. The molecule has 8 nitrogen and oxygen atoms in total. The zero-order chi connectivity index (χ0) is 17.2. The number of pyridine rings is 1. The number of nitrogens with zero attached hydrogens (tertiary/aromatic N) is 3. The topological polar surface area (TPSA) is 105 Å². The first-order valence-corrected chi connectivity index (χ1v) is 8.11. The van der Waals surface area contributed by atoms with Crippen molar-refractivity contribution < 1.29 is 13.3 Å². The van der Waals surface area contributed by atoms with Crippen molar-refractivity contribution in [1.82, 2.24) is 4.98 Å². The van der Waals surface area contributed by atoms with Gasteiger partial charge in [-0.25, -0.2) is 13.4 Å². The first-order valence-electron chi connectivity index (χ1n) is 6.62. The minimum atomic E-state index is -3.94. The molecule has 2 aromatic rings. The summed E-state index contributed by atoms with van der Waals surface area (Å²) in [7, 11) is -0.305. The summed E-state index contributed by atoms with van der Waals surface area (Å²) < 4.78 is 27.3. The van der Waals surface area contributed by atoms with Gasteiger partial charge in [0, 0.05) is 25.7 Å². The summed E-state index contributed by atoms with van der Waals surface area (Å²) in [4.78, 5) is 16.1. The summed E-state index contributed by atoms with van der Waals surface area (Å²) >= 11 is 0. The van der Waals surface area contributed by atoms with Gasteiger partial charge in [0.2, 0.25) is 0 Å². The molecule has 0 atom stereocenters. The summed E-state index contributed by atoms with van der Waals surface area (Å²) in [6, 6.07) is 7.17. The Kier molecular flexibility index (Phi) is 4.50. The molecule has 0 unspecified atom stereocenters. The number of rotatable bonds is 5. The molecule has 9 heteroatoms. The predicted octanol–water partition coefficient (Wildman–Crippen LogP) is 2.17. The van der Waals surface area contributed by atoms with E-state index in [0.29, 0.717) is 5.82 Å². The zero-order valence-electron chi connectivity index (χ0n) is 12.8. The van der Waals surface area contributed by atoms with Crippen molar-refractivity contribution in [2.75, 3.05) is 23.7 Å². The van der Waals surface area contributed by atoms with Crippen LogP contribution in [0.3, 0.4) is 0 Å². The second kappa shape index (κ2) is 6.21. The van der Waals surface area contributed by atoms with Crippen molar-refractivity contribution in [1.29, 1.82) is 0 Å². The van der Waals surface area contributed by atoms with Crippen LogP contribution in [0.4, 0.5) is 17.2 Å². The Hall–Kier alpha value is -2.68. The number of aromatic nitrogens is 1. The van der Waals surface area contributed by atoms with Gasteiger partial charge in [0.25, 0.3) is 15.7 Å². The lowest BCUT2D eigenvalue weighted by Crippen LogP contribution is -2.15. The maximum absolute atomic E-state index is 12.4. The van der Waals surface area contributed by atoms with E-state index < -0.39 is 14.9 Å². The van der Waals surface area contributed by atoms with Crippen LogP contribution >= 0.6 is 0 Å². The fourth-order valence-electron chi connectivity index (χ4n) is 2.01. The Labute approximate surface area is 134 Å². The van der Waals surface area contributed by atoms with E-state index >= 15 is 0 Å². The largest absolute Gasteiger partial charge is 0.363 e. The monoisotopic (exact) mass is 336 g/mol. The van der Waals surface area contributed by atoms with Crippen molar-refractivity contribution >= 4 is 27.2 Å². The zero-order valence-corrected chi connectivity index (χ0v) is 13.7. The molecule has 1 aromatic carbocycles.